The number of benzene rings is 1. The number of nitrogens with zero attached hydrogens (tertiary/aromatic N) is 3. The largest absolute Gasteiger partial charge is 0.481 e. The summed E-state index contributed by atoms with van der Waals surface area (Å²) in [7, 11) is 0. The number of aliphatic carboxylic acids is 3. The first-order valence-electron chi connectivity index (χ1n) is 12.9. The molecule has 1 fully saturated rings. The van der Waals surface area contributed by atoms with Gasteiger partial charge in [-0.2, -0.15) is 5.10 Å². The Hall–Kier alpha value is -3.68. The van der Waals surface area contributed by atoms with Crippen molar-refractivity contribution in [3.8, 4) is 11.5 Å². The molecule has 1 saturated heterocycles. The fourth-order valence-electron chi connectivity index (χ4n) is 4.92. The minimum Gasteiger partial charge on any atom is -0.481 e. The molecule has 1 aromatic heterocycles. The zero-order valence-electron chi connectivity index (χ0n) is 23.1. The van der Waals surface area contributed by atoms with E-state index in [1.165, 1.54) is 11.3 Å². The predicted octanol–water partition coefficient (Wildman–Crippen LogP) is 2.04. The lowest BCUT2D eigenvalue weighted by molar-refractivity contribution is -0.170. The van der Waals surface area contributed by atoms with Crippen LogP contribution < -0.4 is 9.47 Å². The highest BCUT2D eigenvalue weighted by Gasteiger charge is 2.41. The van der Waals surface area contributed by atoms with Gasteiger partial charge in [-0.05, 0) is 58.2 Å². The van der Waals surface area contributed by atoms with Crippen molar-refractivity contribution < 1.29 is 49.4 Å². The number of likely N-dealkylation sites (tertiary alicyclic amines) is 1. The molecule has 13 heteroatoms. The van der Waals surface area contributed by atoms with Crippen LogP contribution in [0.25, 0.3) is 0 Å². The molecule has 0 radical (unpaired) electrons. The van der Waals surface area contributed by atoms with Crippen LogP contribution >= 0.6 is 0 Å². The predicted molar refractivity (Wildman–Crippen MR) is 140 cm³/mol. The quantitative estimate of drug-likeness (QED) is 0.299. The van der Waals surface area contributed by atoms with Crippen molar-refractivity contribution in [2.75, 3.05) is 19.9 Å². The third-order valence-electron chi connectivity index (χ3n) is 7.22. The third-order valence-corrected chi connectivity index (χ3v) is 7.22. The first-order chi connectivity index (χ1) is 18.6. The number of carboxylic acid groups (broad SMARTS) is 3. The van der Waals surface area contributed by atoms with Crippen LogP contribution in [0, 0.1) is 13.8 Å². The molecule has 0 aliphatic carbocycles. The highest BCUT2D eigenvalue weighted by atomic mass is 16.7. The lowest BCUT2D eigenvalue weighted by Crippen LogP contribution is -2.42. The van der Waals surface area contributed by atoms with Gasteiger partial charge in [-0.3, -0.25) is 19.2 Å². The number of ether oxygens (including phenoxy) is 2. The van der Waals surface area contributed by atoms with Crippen LogP contribution in [0.2, 0.25) is 0 Å². The maximum atomic E-state index is 11.2. The van der Waals surface area contributed by atoms with Gasteiger partial charge in [-0.15, -0.1) is 0 Å². The zero-order chi connectivity index (χ0) is 29.8. The summed E-state index contributed by atoms with van der Waals surface area (Å²) in [5.41, 5.74) is 1.06. The summed E-state index contributed by atoms with van der Waals surface area (Å²) in [5, 5.41) is 49.7. The van der Waals surface area contributed by atoms with E-state index in [0.29, 0.717) is 18.9 Å². The molecule has 0 bridgehead atoms. The van der Waals surface area contributed by atoms with Gasteiger partial charge >= 0.3 is 17.9 Å². The molecule has 40 heavy (non-hydrogen) atoms. The van der Waals surface area contributed by atoms with Crippen molar-refractivity contribution in [2.24, 2.45) is 0 Å². The summed E-state index contributed by atoms with van der Waals surface area (Å²) in [4.78, 5) is 32.9. The van der Waals surface area contributed by atoms with Crippen LogP contribution in [0.5, 0.6) is 11.5 Å². The normalized spacial score (nSPS) is 16.4. The zero-order valence-corrected chi connectivity index (χ0v) is 23.1. The summed E-state index contributed by atoms with van der Waals surface area (Å²) in [6.45, 7) is 11.4. The summed E-state index contributed by atoms with van der Waals surface area (Å²) >= 11 is 0. The molecule has 0 amide bonds. The highest BCUT2D eigenvalue weighted by Crippen LogP contribution is 2.40. The molecule has 3 heterocycles. The fraction of sp³-hybridized carbons (Fsp3) is 0.556. The Bertz CT molecular complexity index is 1230. The highest BCUT2D eigenvalue weighted by molar-refractivity contribution is 5.88. The Morgan fingerprint density at radius 3 is 2.10 bits per heavy atom. The number of aromatic nitrogens is 2. The molecule has 220 valence electrons. The number of aryl methyl sites for hydroxylation is 1. The lowest BCUT2D eigenvalue weighted by Gasteiger charge is -2.38. The van der Waals surface area contributed by atoms with Gasteiger partial charge in [0.15, 0.2) is 17.1 Å². The van der Waals surface area contributed by atoms with E-state index in [1.54, 1.807) is 0 Å². The van der Waals surface area contributed by atoms with Crippen molar-refractivity contribution in [1.29, 1.82) is 0 Å². The van der Waals surface area contributed by atoms with Gasteiger partial charge in [0.25, 0.3) is 0 Å². The minimum absolute atomic E-state index is 0.258. The Morgan fingerprint density at radius 1 is 1.02 bits per heavy atom. The minimum atomic E-state index is -2.74. The van der Waals surface area contributed by atoms with Crippen LogP contribution in [0.1, 0.15) is 68.1 Å². The fourth-order valence-corrected chi connectivity index (χ4v) is 4.92. The van der Waals surface area contributed by atoms with E-state index in [0.717, 1.165) is 42.4 Å². The molecule has 0 atom stereocenters. The number of hydrogen-bond acceptors (Lipinski definition) is 9. The second-order valence-corrected chi connectivity index (χ2v) is 10.5. The molecule has 1 aromatic carbocycles. The van der Waals surface area contributed by atoms with Gasteiger partial charge < -0.3 is 35.0 Å². The number of fused-ring (bicyclic) bond motifs is 1. The first kappa shape index (κ1) is 30.9. The summed E-state index contributed by atoms with van der Waals surface area (Å²) in [5.74, 6) is -3.53. The molecule has 0 unspecified atom stereocenters. The monoisotopic (exact) mass is 563 g/mol. The van der Waals surface area contributed by atoms with Crippen molar-refractivity contribution in [3.63, 3.8) is 0 Å². The first-order valence-corrected chi connectivity index (χ1v) is 12.9. The Kier molecular flexibility index (Phi) is 9.44. The summed E-state index contributed by atoms with van der Waals surface area (Å²) in [6, 6.07) is 6.16. The van der Waals surface area contributed by atoms with E-state index in [-0.39, 0.29) is 6.79 Å². The van der Waals surface area contributed by atoms with E-state index in [1.807, 2.05) is 18.2 Å². The van der Waals surface area contributed by atoms with Gasteiger partial charge in [0.2, 0.25) is 6.79 Å². The maximum Gasteiger partial charge on any atom is 0.336 e. The smallest absolute Gasteiger partial charge is 0.336 e. The lowest BCUT2D eigenvalue weighted by atomic mass is 9.84. The van der Waals surface area contributed by atoms with Crippen molar-refractivity contribution >= 4 is 17.9 Å². The number of carboxylic acids is 3. The molecule has 2 aliphatic rings. The van der Waals surface area contributed by atoms with Crippen LogP contribution in [0.4, 0.5) is 0 Å². The molecule has 0 spiro atoms. The molecule has 13 nitrogen and oxygen atoms in total. The van der Waals surface area contributed by atoms with Crippen LogP contribution in [-0.2, 0) is 26.5 Å². The number of carbonyl (C=O) groups is 3. The average Bonchev–Trinajstić information content (AvgIpc) is 3.44. The van der Waals surface area contributed by atoms with Crippen LogP contribution in [0.15, 0.2) is 18.2 Å². The Morgan fingerprint density at radius 2 is 1.60 bits per heavy atom. The van der Waals surface area contributed by atoms with Gasteiger partial charge in [0.05, 0.1) is 24.1 Å². The van der Waals surface area contributed by atoms with Crippen LogP contribution in [0.3, 0.4) is 0 Å². The molecule has 4 rings (SSSR count). The molecule has 2 aliphatic heterocycles. The average molecular weight is 564 g/mol. The van der Waals surface area contributed by atoms with Crippen LogP contribution in [-0.4, -0.2) is 83.6 Å². The van der Waals surface area contributed by atoms with Crippen molar-refractivity contribution in [3.05, 3.63) is 40.7 Å². The standard InChI is InChI=1S/C21H29N3O3.C6H8O7/c1-14(2)24-16(4)18(15(3)22-24)12-23-9-7-21(25,8-10-23)17-5-6-19-20(11-17)27-13-26-19;7-3(8)1-6(13,5(11)12)2-4(9)10/h5-6,11,14,25H,7-10,12-13H2,1-4H3;13H,1-2H2,(H,7,8)(H,9,10)(H,11,12). The topological polar surface area (TPSA) is 192 Å². The Labute approximate surface area is 231 Å². The van der Waals surface area contributed by atoms with Gasteiger partial charge in [-0.1, -0.05) is 6.07 Å². The molecule has 5 N–H and O–H groups in total. The van der Waals surface area contributed by atoms with Gasteiger partial charge in [0, 0.05) is 36.9 Å². The molecule has 2 aromatic rings. The van der Waals surface area contributed by atoms with E-state index in [9.17, 15) is 19.5 Å². The SMILES string of the molecule is Cc1nn(C(C)C)c(C)c1CN1CCC(O)(c2ccc3c(c2)OCO3)CC1.O=C(O)CC(O)(CC(=O)O)C(=O)O. The summed E-state index contributed by atoms with van der Waals surface area (Å²) < 4.78 is 13.0. The van der Waals surface area contributed by atoms with E-state index >= 15 is 0 Å². The van der Waals surface area contributed by atoms with E-state index in [4.69, 9.17) is 35.0 Å². The number of piperidine rings is 1. The molecular weight excluding hydrogens is 526 g/mol. The van der Waals surface area contributed by atoms with E-state index < -0.39 is 42.0 Å². The number of aliphatic hydroxyl groups is 2. The number of rotatable bonds is 9. The summed E-state index contributed by atoms with van der Waals surface area (Å²) in [6.07, 6.45) is -0.866. The van der Waals surface area contributed by atoms with E-state index in [2.05, 4.69) is 37.3 Å². The maximum absolute atomic E-state index is 11.2. The van der Waals surface area contributed by atoms with Gasteiger partial charge in [-0.25, -0.2) is 4.79 Å². The second-order valence-electron chi connectivity index (χ2n) is 10.5. The third kappa shape index (κ3) is 7.09. The van der Waals surface area contributed by atoms with Crippen molar-refractivity contribution in [1.82, 2.24) is 14.7 Å². The molecule has 0 saturated carbocycles. The number of hydrogen-bond donors (Lipinski definition) is 5. The Balaban J connectivity index is 0.000000289. The van der Waals surface area contributed by atoms with Gasteiger partial charge in [0.1, 0.15) is 0 Å². The van der Waals surface area contributed by atoms with Crippen molar-refractivity contribution in [2.45, 2.75) is 77.2 Å². The second kappa shape index (κ2) is 12.2. The molecular formula is C27H37N3O10.